The molecule has 2 N–H and O–H groups in total. The molecule has 1 aromatic rings. The Morgan fingerprint density at radius 3 is 3.17 bits per heavy atom. The van der Waals surface area contributed by atoms with Crippen LogP contribution < -0.4 is 5.32 Å². The van der Waals surface area contributed by atoms with Gasteiger partial charge in [-0.3, -0.25) is 5.10 Å². The van der Waals surface area contributed by atoms with E-state index in [-0.39, 0.29) is 0 Å². The van der Waals surface area contributed by atoms with Crippen LogP contribution in [0.15, 0.2) is 12.4 Å². The van der Waals surface area contributed by atoms with Crippen LogP contribution in [-0.2, 0) is 0 Å². The topological polar surface area (TPSA) is 40.7 Å². The molecule has 1 aliphatic heterocycles. The van der Waals surface area contributed by atoms with Gasteiger partial charge in [0.25, 0.3) is 0 Å². The molecule has 1 fully saturated rings. The Morgan fingerprint density at radius 2 is 2.50 bits per heavy atom. The monoisotopic (exact) mass is 165 g/mol. The fourth-order valence-electron chi connectivity index (χ4n) is 1.96. The first kappa shape index (κ1) is 7.80. The second-order valence-corrected chi connectivity index (χ2v) is 3.52. The van der Waals surface area contributed by atoms with Crippen molar-refractivity contribution < 1.29 is 0 Å². The van der Waals surface area contributed by atoms with E-state index in [1.165, 1.54) is 18.4 Å². The number of nitrogens with one attached hydrogen (secondary N) is 2. The smallest absolute Gasteiger partial charge is 0.0522 e. The summed E-state index contributed by atoms with van der Waals surface area (Å²) in [5, 5.41) is 10.3. The molecular weight excluding hydrogens is 150 g/mol. The largest absolute Gasteiger partial charge is 0.314 e. The first-order chi connectivity index (χ1) is 5.88. The van der Waals surface area contributed by atoms with Crippen molar-refractivity contribution in [3.8, 4) is 0 Å². The number of rotatable bonds is 1. The van der Waals surface area contributed by atoms with Gasteiger partial charge < -0.3 is 5.32 Å². The lowest BCUT2D eigenvalue weighted by Gasteiger charge is -2.29. The summed E-state index contributed by atoms with van der Waals surface area (Å²) in [6.45, 7) is 3.41. The van der Waals surface area contributed by atoms with Crippen molar-refractivity contribution in [1.82, 2.24) is 15.5 Å². The number of nitrogens with zero attached hydrogens (tertiary/aromatic N) is 1. The average molecular weight is 165 g/mol. The van der Waals surface area contributed by atoms with Gasteiger partial charge in [-0.05, 0) is 31.9 Å². The van der Waals surface area contributed by atoms with Gasteiger partial charge in [-0.15, -0.1) is 0 Å². The van der Waals surface area contributed by atoms with E-state index in [1.807, 2.05) is 12.4 Å². The van der Waals surface area contributed by atoms with Crippen molar-refractivity contribution in [3.05, 3.63) is 18.0 Å². The van der Waals surface area contributed by atoms with Crippen LogP contribution in [-0.4, -0.2) is 22.8 Å². The molecule has 1 saturated heterocycles. The summed E-state index contributed by atoms with van der Waals surface area (Å²) >= 11 is 0. The summed E-state index contributed by atoms with van der Waals surface area (Å²) in [6, 6.07) is 0.594. The van der Waals surface area contributed by atoms with Crippen LogP contribution in [0.4, 0.5) is 0 Å². The van der Waals surface area contributed by atoms with Crippen molar-refractivity contribution in [3.63, 3.8) is 0 Å². The molecule has 0 aromatic carbocycles. The zero-order valence-corrected chi connectivity index (χ0v) is 7.38. The van der Waals surface area contributed by atoms with Gasteiger partial charge in [0.05, 0.1) is 6.20 Å². The second-order valence-electron chi connectivity index (χ2n) is 3.52. The standard InChI is InChI=1S/C9H15N3/c1-7-9(3-2-4-10-7)8-5-11-12-6-8/h5-7,9-10H,2-4H2,1H3,(H,11,12). The minimum Gasteiger partial charge on any atom is -0.314 e. The third kappa shape index (κ3) is 1.37. The van der Waals surface area contributed by atoms with Crippen LogP contribution >= 0.6 is 0 Å². The fourth-order valence-corrected chi connectivity index (χ4v) is 1.96. The van der Waals surface area contributed by atoms with E-state index in [0.717, 1.165) is 6.54 Å². The van der Waals surface area contributed by atoms with E-state index >= 15 is 0 Å². The normalized spacial score (nSPS) is 30.4. The van der Waals surface area contributed by atoms with Crippen molar-refractivity contribution >= 4 is 0 Å². The highest BCUT2D eigenvalue weighted by atomic mass is 15.1. The molecule has 0 spiro atoms. The summed E-state index contributed by atoms with van der Waals surface area (Å²) in [6.07, 6.45) is 6.51. The molecule has 1 aromatic heterocycles. The highest BCUT2D eigenvalue weighted by Crippen LogP contribution is 2.26. The summed E-state index contributed by atoms with van der Waals surface area (Å²) in [7, 11) is 0. The van der Waals surface area contributed by atoms with Crippen LogP contribution in [0, 0.1) is 0 Å². The van der Waals surface area contributed by atoms with E-state index in [0.29, 0.717) is 12.0 Å². The van der Waals surface area contributed by atoms with Gasteiger partial charge in [0.1, 0.15) is 0 Å². The number of hydrogen-bond acceptors (Lipinski definition) is 2. The van der Waals surface area contributed by atoms with Crippen molar-refractivity contribution in [2.45, 2.75) is 31.7 Å². The molecule has 12 heavy (non-hydrogen) atoms. The Hall–Kier alpha value is -0.830. The predicted octanol–water partition coefficient (Wildman–Crippen LogP) is 1.27. The molecule has 3 heteroatoms. The Balaban J connectivity index is 2.11. The maximum Gasteiger partial charge on any atom is 0.0522 e. The Labute approximate surface area is 72.6 Å². The van der Waals surface area contributed by atoms with E-state index in [4.69, 9.17) is 0 Å². The molecule has 2 atom stereocenters. The summed E-state index contributed by atoms with van der Waals surface area (Å²) < 4.78 is 0. The van der Waals surface area contributed by atoms with Gasteiger partial charge in [-0.1, -0.05) is 0 Å². The Morgan fingerprint density at radius 1 is 1.58 bits per heavy atom. The van der Waals surface area contributed by atoms with Gasteiger partial charge in [-0.25, -0.2) is 0 Å². The van der Waals surface area contributed by atoms with Crippen LogP contribution in [0.3, 0.4) is 0 Å². The van der Waals surface area contributed by atoms with E-state index in [1.54, 1.807) is 0 Å². The molecule has 66 valence electrons. The maximum atomic E-state index is 3.98. The molecule has 0 bridgehead atoms. The van der Waals surface area contributed by atoms with E-state index in [9.17, 15) is 0 Å². The lowest BCUT2D eigenvalue weighted by Crippen LogP contribution is -2.37. The van der Waals surface area contributed by atoms with Crippen molar-refractivity contribution in [1.29, 1.82) is 0 Å². The first-order valence-corrected chi connectivity index (χ1v) is 4.60. The molecule has 2 unspecified atom stereocenters. The van der Waals surface area contributed by atoms with Crippen LogP contribution in [0.5, 0.6) is 0 Å². The van der Waals surface area contributed by atoms with Crippen LogP contribution in [0.2, 0.25) is 0 Å². The minimum absolute atomic E-state index is 0.594. The molecule has 3 nitrogen and oxygen atoms in total. The fraction of sp³-hybridized carbons (Fsp3) is 0.667. The Bertz CT molecular complexity index is 230. The van der Waals surface area contributed by atoms with Gasteiger partial charge in [0.15, 0.2) is 0 Å². The van der Waals surface area contributed by atoms with Gasteiger partial charge >= 0.3 is 0 Å². The quantitative estimate of drug-likeness (QED) is 0.658. The molecular formula is C9H15N3. The predicted molar refractivity (Wildman–Crippen MR) is 48.0 cm³/mol. The molecule has 1 aliphatic rings. The summed E-state index contributed by atoms with van der Waals surface area (Å²) in [5.41, 5.74) is 1.34. The summed E-state index contributed by atoms with van der Waals surface area (Å²) in [4.78, 5) is 0. The van der Waals surface area contributed by atoms with Crippen molar-refractivity contribution in [2.75, 3.05) is 6.54 Å². The number of aromatic nitrogens is 2. The van der Waals surface area contributed by atoms with Crippen LogP contribution in [0.25, 0.3) is 0 Å². The first-order valence-electron chi connectivity index (χ1n) is 4.60. The third-order valence-corrected chi connectivity index (χ3v) is 2.71. The second kappa shape index (κ2) is 3.27. The highest BCUT2D eigenvalue weighted by molar-refractivity contribution is 5.13. The lowest BCUT2D eigenvalue weighted by molar-refractivity contribution is 0.371. The molecule has 2 rings (SSSR count). The average Bonchev–Trinajstić information content (AvgIpc) is 2.57. The molecule has 0 aliphatic carbocycles. The highest BCUT2D eigenvalue weighted by Gasteiger charge is 2.22. The zero-order chi connectivity index (χ0) is 8.39. The van der Waals surface area contributed by atoms with E-state index < -0.39 is 0 Å². The molecule has 0 saturated carbocycles. The lowest BCUT2D eigenvalue weighted by atomic mass is 9.87. The SMILES string of the molecule is CC1NCCCC1c1cn[nH]c1. The van der Waals surface area contributed by atoms with Gasteiger partial charge in [0.2, 0.25) is 0 Å². The molecule has 0 amide bonds. The third-order valence-electron chi connectivity index (χ3n) is 2.71. The Kier molecular flexibility index (Phi) is 2.13. The maximum absolute atomic E-state index is 3.98. The van der Waals surface area contributed by atoms with E-state index in [2.05, 4.69) is 22.4 Å². The van der Waals surface area contributed by atoms with Crippen LogP contribution in [0.1, 0.15) is 31.2 Å². The van der Waals surface area contributed by atoms with Gasteiger partial charge in [-0.2, -0.15) is 5.10 Å². The molecule has 0 radical (unpaired) electrons. The number of H-pyrrole nitrogens is 1. The summed E-state index contributed by atoms with van der Waals surface area (Å²) in [5.74, 6) is 0.650. The van der Waals surface area contributed by atoms with Crippen molar-refractivity contribution in [2.24, 2.45) is 0 Å². The number of piperidine rings is 1. The zero-order valence-electron chi connectivity index (χ0n) is 7.38. The molecule has 2 heterocycles. The number of hydrogen-bond donors (Lipinski definition) is 2. The van der Waals surface area contributed by atoms with Gasteiger partial charge in [0, 0.05) is 18.2 Å². The number of aromatic amines is 1. The minimum atomic E-state index is 0.594.